The lowest BCUT2D eigenvalue weighted by Gasteiger charge is -2.27. The Kier molecular flexibility index (Phi) is 5.51. The highest BCUT2D eigenvalue weighted by molar-refractivity contribution is 7.80. The lowest BCUT2D eigenvalue weighted by atomic mass is 9.99. The second-order valence-electron chi connectivity index (χ2n) is 7.42. The van der Waals surface area contributed by atoms with E-state index in [4.69, 9.17) is 17.0 Å². The molecule has 3 unspecified atom stereocenters. The van der Waals surface area contributed by atoms with Crippen LogP contribution in [0.15, 0.2) is 60.7 Å². The monoisotopic (exact) mass is 366 g/mol. The first-order valence-electron chi connectivity index (χ1n) is 9.52. The third-order valence-corrected chi connectivity index (χ3v) is 6.05. The predicted octanol–water partition coefficient (Wildman–Crippen LogP) is 3.99. The van der Waals surface area contributed by atoms with Crippen LogP contribution in [0.1, 0.15) is 24.0 Å². The number of ether oxygens (including phenoxy) is 1. The Balaban J connectivity index is 1.25. The number of rotatable bonds is 6. The molecular weight excluding hydrogens is 340 g/mol. The van der Waals surface area contributed by atoms with E-state index in [1.165, 1.54) is 30.5 Å². The SMILES string of the molecule is S=C(NCc1ccccc1)OCC1C2CCC1N(Cc1ccccc1)C2. The number of fused-ring (bicyclic) bond motifs is 2. The molecule has 1 N–H and O–H groups in total. The van der Waals surface area contributed by atoms with E-state index in [0.717, 1.165) is 25.6 Å². The highest BCUT2D eigenvalue weighted by atomic mass is 32.1. The second-order valence-corrected chi connectivity index (χ2v) is 7.79. The molecule has 2 fully saturated rings. The van der Waals surface area contributed by atoms with E-state index in [1.807, 2.05) is 18.2 Å². The summed E-state index contributed by atoms with van der Waals surface area (Å²) in [5.74, 6) is 1.36. The number of likely N-dealkylation sites (tertiary alicyclic amines) is 1. The van der Waals surface area contributed by atoms with Crippen molar-refractivity contribution in [1.82, 2.24) is 10.2 Å². The van der Waals surface area contributed by atoms with Crippen LogP contribution in [0.2, 0.25) is 0 Å². The van der Waals surface area contributed by atoms with E-state index in [2.05, 4.69) is 52.7 Å². The van der Waals surface area contributed by atoms with E-state index in [1.54, 1.807) is 0 Å². The molecule has 136 valence electrons. The molecule has 0 spiro atoms. The van der Waals surface area contributed by atoms with Crippen LogP contribution in [-0.4, -0.2) is 29.3 Å². The maximum atomic E-state index is 5.92. The molecule has 2 aromatic rings. The van der Waals surface area contributed by atoms with Crippen LogP contribution < -0.4 is 5.32 Å². The summed E-state index contributed by atoms with van der Waals surface area (Å²) in [5.41, 5.74) is 2.62. The first-order valence-corrected chi connectivity index (χ1v) is 9.93. The van der Waals surface area contributed by atoms with E-state index in [0.29, 0.717) is 17.1 Å². The summed E-state index contributed by atoms with van der Waals surface area (Å²) in [4.78, 5) is 2.64. The van der Waals surface area contributed by atoms with Crippen molar-refractivity contribution in [1.29, 1.82) is 0 Å². The van der Waals surface area contributed by atoms with Crippen molar-refractivity contribution in [2.24, 2.45) is 11.8 Å². The van der Waals surface area contributed by atoms with Crippen LogP contribution >= 0.6 is 12.2 Å². The maximum absolute atomic E-state index is 5.92. The van der Waals surface area contributed by atoms with Gasteiger partial charge >= 0.3 is 0 Å². The fourth-order valence-electron chi connectivity index (χ4n) is 4.48. The zero-order valence-electron chi connectivity index (χ0n) is 15.0. The zero-order chi connectivity index (χ0) is 17.8. The molecule has 0 amide bonds. The Hall–Kier alpha value is -1.91. The van der Waals surface area contributed by atoms with Gasteiger partial charge in [-0.1, -0.05) is 60.7 Å². The molecule has 3 nitrogen and oxygen atoms in total. The van der Waals surface area contributed by atoms with Crippen molar-refractivity contribution in [2.45, 2.75) is 32.0 Å². The summed E-state index contributed by atoms with van der Waals surface area (Å²) in [6.45, 7) is 3.70. The summed E-state index contributed by atoms with van der Waals surface area (Å²) in [6, 6.07) is 21.7. The Morgan fingerprint density at radius 2 is 1.69 bits per heavy atom. The molecule has 1 heterocycles. The molecule has 0 aromatic heterocycles. The topological polar surface area (TPSA) is 24.5 Å². The molecule has 2 aliphatic rings. The minimum Gasteiger partial charge on any atom is -0.471 e. The Bertz CT molecular complexity index is 721. The van der Waals surface area contributed by atoms with Gasteiger partial charge in [-0.05, 0) is 42.1 Å². The average molecular weight is 367 g/mol. The second kappa shape index (κ2) is 8.19. The molecule has 1 saturated carbocycles. The third-order valence-electron chi connectivity index (χ3n) is 5.79. The molecule has 4 rings (SSSR count). The van der Waals surface area contributed by atoms with Crippen molar-refractivity contribution in [2.75, 3.05) is 13.2 Å². The quantitative estimate of drug-likeness (QED) is 0.782. The standard InChI is InChI=1S/C22H26N2OS/c26-22(23-13-17-7-3-1-4-8-17)25-16-20-19-11-12-21(20)24(15-19)14-18-9-5-2-6-10-18/h1-10,19-21H,11-16H2,(H,23,26). The fraction of sp³-hybridized carbons (Fsp3) is 0.409. The number of hydrogen-bond donors (Lipinski definition) is 1. The Morgan fingerprint density at radius 1 is 1.00 bits per heavy atom. The number of nitrogens with zero attached hydrogens (tertiary/aromatic N) is 1. The average Bonchev–Trinajstić information content (AvgIpc) is 3.23. The molecule has 26 heavy (non-hydrogen) atoms. The van der Waals surface area contributed by atoms with Crippen LogP contribution in [0.25, 0.3) is 0 Å². The largest absolute Gasteiger partial charge is 0.471 e. The van der Waals surface area contributed by atoms with Crippen molar-refractivity contribution in [3.63, 3.8) is 0 Å². The molecule has 0 radical (unpaired) electrons. The van der Waals surface area contributed by atoms with E-state index >= 15 is 0 Å². The molecule has 1 aliphatic heterocycles. The highest BCUT2D eigenvalue weighted by Gasteiger charge is 2.46. The molecule has 3 atom stereocenters. The Labute approximate surface area is 161 Å². The van der Waals surface area contributed by atoms with Gasteiger partial charge < -0.3 is 10.1 Å². The normalized spacial score (nSPS) is 24.5. The number of benzene rings is 2. The molecule has 4 heteroatoms. The van der Waals surface area contributed by atoms with Crippen molar-refractivity contribution in [3.8, 4) is 0 Å². The summed E-state index contributed by atoms with van der Waals surface area (Å²) in [6.07, 6.45) is 2.62. The van der Waals surface area contributed by atoms with Crippen molar-refractivity contribution < 1.29 is 4.74 Å². The van der Waals surface area contributed by atoms with E-state index < -0.39 is 0 Å². The summed E-state index contributed by atoms with van der Waals surface area (Å²) in [7, 11) is 0. The van der Waals surface area contributed by atoms with Crippen LogP contribution in [0.5, 0.6) is 0 Å². The smallest absolute Gasteiger partial charge is 0.256 e. The third kappa shape index (κ3) is 4.08. The number of nitrogens with one attached hydrogen (secondary N) is 1. The summed E-state index contributed by atoms with van der Waals surface area (Å²) >= 11 is 5.37. The van der Waals surface area contributed by atoms with Gasteiger partial charge in [-0.25, -0.2) is 0 Å². The maximum Gasteiger partial charge on any atom is 0.256 e. The lowest BCUT2D eigenvalue weighted by Crippen LogP contribution is -2.34. The van der Waals surface area contributed by atoms with Crippen LogP contribution in [-0.2, 0) is 17.8 Å². The molecule has 2 aromatic carbocycles. The van der Waals surface area contributed by atoms with Gasteiger partial charge in [-0.15, -0.1) is 0 Å². The van der Waals surface area contributed by atoms with Crippen LogP contribution in [0, 0.1) is 11.8 Å². The van der Waals surface area contributed by atoms with Gasteiger partial charge in [0.25, 0.3) is 5.17 Å². The first kappa shape index (κ1) is 17.5. The van der Waals surface area contributed by atoms with Gasteiger partial charge in [-0.3, -0.25) is 4.90 Å². The molecular formula is C22H26N2OS. The predicted molar refractivity (Wildman–Crippen MR) is 109 cm³/mol. The van der Waals surface area contributed by atoms with Crippen LogP contribution in [0.4, 0.5) is 0 Å². The number of thiocarbonyl (C=S) groups is 1. The van der Waals surface area contributed by atoms with Crippen molar-refractivity contribution >= 4 is 17.4 Å². The van der Waals surface area contributed by atoms with Gasteiger partial charge in [0.2, 0.25) is 0 Å². The number of piperidine rings is 1. The molecule has 1 aliphatic carbocycles. The first-order chi connectivity index (χ1) is 12.8. The molecule has 1 saturated heterocycles. The lowest BCUT2D eigenvalue weighted by molar-refractivity contribution is 0.171. The number of hydrogen-bond acceptors (Lipinski definition) is 3. The van der Waals surface area contributed by atoms with Gasteiger partial charge in [0.1, 0.15) is 0 Å². The van der Waals surface area contributed by atoms with Crippen LogP contribution in [0.3, 0.4) is 0 Å². The summed E-state index contributed by atoms with van der Waals surface area (Å²) in [5, 5.41) is 3.74. The van der Waals surface area contributed by atoms with Gasteiger partial charge in [0.05, 0.1) is 6.61 Å². The minimum absolute atomic E-state index is 0.523. The highest BCUT2D eigenvalue weighted by Crippen LogP contribution is 2.43. The zero-order valence-corrected chi connectivity index (χ0v) is 15.8. The minimum atomic E-state index is 0.523. The fourth-order valence-corrected chi connectivity index (χ4v) is 4.62. The van der Waals surface area contributed by atoms with Gasteiger partial charge in [0.15, 0.2) is 0 Å². The van der Waals surface area contributed by atoms with E-state index in [-0.39, 0.29) is 0 Å². The van der Waals surface area contributed by atoms with E-state index in [9.17, 15) is 0 Å². The van der Waals surface area contributed by atoms with Crippen molar-refractivity contribution in [3.05, 3.63) is 71.8 Å². The summed E-state index contributed by atoms with van der Waals surface area (Å²) < 4.78 is 5.92. The van der Waals surface area contributed by atoms with Gasteiger partial charge in [0, 0.05) is 31.6 Å². The molecule has 2 bridgehead atoms. The Morgan fingerprint density at radius 3 is 2.42 bits per heavy atom. The van der Waals surface area contributed by atoms with Gasteiger partial charge in [-0.2, -0.15) is 0 Å².